The molecule has 30 heavy (non-hydrogen) atoms. The van der Waals surface area contributed by atoms with E-state index in [-0.39, 0.29) is 36.9 Å². The van der Waals surface area contributed by atoms with E-state index in [2.05, 4.69) is 12.2 Å². The van der Waals surface area contributed by atoms with Gasteiger partial charge in [0.25, 0.3) is 5.91 Å². The highest BCUT2D eigenvalue weighted by molar-refractivity contribution is 5.94. The van der Waals surface area contributed by atoms with Crippen molar-refractivity contribution in [1.82, 2.24) is 15.1 Å². The Morgan fingerprint density at radius 2 is 1.90 bits per heavy atom. The number of nitrogens with zero attached hydrogens (tertiary/aromatic N) is 2. The third-order valence-electron chi connectivity index (χ3n) is 6.42. The summed E-state index contributed by atoms with van der Waals surface area (Å²) in [6.45, 7) is 5.43. The number of piperidine rings is 1. The molecule has 2 saturated heterocycles. The predicted octanol–water partition coefficient (Wildman–Crippen LogP) is 3.46. The number of carbonyl (C=O) groups is 2. The first-order valence-electron chi connectivity index (χ1n) is 10.5. The maximum absolute atomic E-state index is 13.2. The van der Waals surface area contributed by atoms with Gasteiger partial charge in [-0.2, -0.15) is 13.2 Å². The van der Waals surface area contributed by atoms with Gasteiger partial charge in [-0.3, -0.25) is 14.5 Å². The quantitative estimate of drug-likeness (QED) is 0.786. The number of alkyl halides is 3. The van der Waals surface area contributed by atoms with E-state index >= 15 is 0 Å². The van der Waals surface area contributed by atoms with E-state index in [0.717, 1.165) is 17.7 Å². The summed E-state index contributed by atoms with van der Waals surface area (Å²) in [5.74, 6) is -0.558. The van der Waals surface area contributed by atoms with Crippen LogP contribution in [0.3, 0.4) is 0 Å². The number of halogens is 3. The minimum Gasteiger partial charge on any atom is -0.351 e. The maximum atomic E-state index is 13.2. The molecule has 2 heterocycles. The smallest absolute Gasteiger partial charge is 0.351 e. The van der Waals surface area contributed by atoms with Gasteiger partial charge in [-0.05, 0) is 56.7 Å². The molecule has 3 rings (SSSR count). The highest BCUT2D eigenvalue weighted by atomic mass is 19.4. The second kappa shape index (κ2) is 8.96. The average Bonchev–Trinajstić information content (AvgIpc) is 3.20. The van der Waals surface area contributed by atoms with Gasteiger partial charge in [-0.15, -0.1) is 0 Å². The first-order chi connectivity index (χ1) is 14.1. The molecule has 5 nitrogen and oxygen atoms in total. The SMILES string of the molecule is C[C@H]1C[C@@](C)(CNC(=O)c2ccccc2)CCN1CC(=O)N1CCC[C@H]1C(F)(F)F. The number of likely N-dealkylation sites (tertiary alicyclic amines) is 2. The summed E-state index contributed by atoms with van der Waals surface area (Å²) in [6, 6.07) is 7.42. The number of benzene rings is 1. The van der Waals surface area contributed by atoms with Gasteiger partial charge in [-0.1, -0.05) is 25.1 Å². The third-order valence-corrected chi connectivity index (χ3v) is 6.42. The van der Waals surface area contributed by atoms with E-state index in [0.29, 0.717) is 25.1 Å². The van der Waals surface area contributed by atoms with Crippen LogP contribution in [0, 0.1) is 5.41 Å². The monoisotopic (exact) mass is 425 g/mol. The van der Waals surface area contributed by atoms with Gasteiger partial charge in [0.05, 0.1) is 6.54 Å². The second-order valence-electron chi connectivity index (χ2n) is 8.92. The van der Waals surface area contributed by atoms with E-state index in [1.165, 1.54) is 0 Å². The Morgan fingerprint density at radius 1 is 1.20 bits per heavy atom. The molecule has 1 N–H and O–H groups in total. The maximum Gasteiger partial charge on any atom is 0.408 e. The zero-order chi connectivity index (χ0) is 21.9. The van der Waals surface area contributed by atoms with E-state index in [1.807, 2.05) is 30.0 Å². The number of hydrogen-bond donors (Lipinski definition) is 1. The molecule has 0 aromatic heterocycles. The third kappa shape index (κ3) is 5.33. The Hall–Kier alpha value is -2.09. The lowest BCUT2D eigenvalue weighted by molar-refractivity contribution is -0.183. The Balaban J connectivity index is 1.52. The molecule has 166 valence electrons. The summed E-state index contributed by atoms with van der Waals surface area (Å²) < 4.78 is 39.5. The lowest BCUT2D eigenvalue weighted by Gasteiger charge is -2.44. The van der Waals surface area contributed by atoms with Crippen LogP contribution in [0.1, 0.15) is 49.9 Å². The zero-order valence-electron chi connectivity index (χ0n) is 17.5. The number of carbonyl (C=O) groups excluding carboxylic acids is 2. The van der Waals surface area contributed by atoms with Crippen molar-refractivity contribution >= 4 is 11.8 Å². The van der Waals surface area contributed by atoms with Crippen molar-refractivity contribution < 1.29 is 22.8 Å². The van der Waals surface area contributed by atoms with E-state index in [4.69, 9.17) is 0 Å². The normalized spacial score (nSPS) is 27.8. The van der Waals surface area contributed by atoms with Gasteiger partial charge in [0.1, 0.15) is 6.04 Å². The Kier molecular flexibility index (Phi) is 6.75. The van der Waals surface area contributed by atoms with Gasteiger partial charge < -0.3 is 10.2 Å². The van der Waals surface area contributed by atoms with Crippen LogP contribution in [-0.2, 0) is 4.79 Å². The molecule has 2 aliphatic rings. The van der Waals surface area contributed by atoms with Crippen molar-refractivity contribution in [2.24, 2.45) is 5.41 Å². The van der Waals surface area contributed by atoms with Crippen molar-refractivity contribution in [2.75, 3.05) is 26.2 Å². The highest BCUT2D eigenvalue weighted by Gasteiger charge is 2.48. The summed E-state index contributed by atoms with van der Waals surface area (Å²) in [6.07, 6.45) is -2.45. The first kappa shape index (κ1) is 22.6. The molecule has 1 aromatic carbocycles. The average molecular weight is 425 g/mol. The van der Waals surface area contributed by atoms with E-state index in [9.17, 15) is 22.8 Å². The Bertz CT molecular complexity index is 756. The largest absolute Gasteiger partial charge is 0.408 e. The number of amides is 2. The summed E-state index contributed by atoms with van der Waals surface area (Å²) >= 11 is 0. The molecule has 0 saturated carbocycles. The van der Waals surface area contributed by atoms with Crippen LogP contribution in [0.15, 0.2) is 30.3 Å². The van der Waals surface area contributed by atoms with Crippen LogP contribution in [0.5, 0.6) is 0 Å². The van der Waals surface area contributed by atoms with Crippen molar-refractivity contribution in [3.63, 3.8) is 0 Å². The molecule has 2 amide bonds. The molecule has 0 aliphatic carbocycles. The lowest BCUT2D eigenvalue weighted by Crippen LogP contribution is -2.53. The van der Waals surface area contributed by atoms with Gasteiger partial charge in [0.2, 0.25) is 5.91 Å². The van der Waals surface area contributed by atoms with Gasteiger partial charge in [0.15, 0.2) is 0 Å². The van der Waals surface area contributed by atoms with E-state index < -0.39 is 18.1 Å². The second-order valence-corrected chi connectivity index (χ2v) is 8.92. The van der Waals surface area contributed by atoms with Crippen molar-refractivity contribution in [3.05, 3.63) is 35.9 Å². The summed E-state index contributed by atoms with van der Waals surface area (Å²) in [7, 11) is 0. The lowest BCUT2D eigenvalue weighted by atomic mass is 9.77. The molecular weight excluding hydrogens is 395 g/mol. The molecule has 0 spiro atoms. The number of rotatable bonds is 5. The van der Waals surface area contributed by atoms with Crippen LogP contribution in [-0.4, -0.2) is 66.1 Å². The molecule has 3 atom stereocenters. The standard InChI is InChI=1S/C22H30F3N3O2/c1-16-13-21(2,15-26-20(30)17-7-4-3-5-8-17)10-12-27(16)14-19(29)28-11-6-9-18(28)22(23,24)25/h3-5,7-8,16,18H,6,9-15H2,1-2H3,(H,26,30)/t16-,18-,21-/m0/s1. The van der Waals surface area contributed by atoms with Crippen LogP contribution in [0.2, 0.25) is 0 Å². The molecule has 2 fully saturated rings. The molecule has 0 unspecified atom stereocenters. The Labute approximate surface area is 175 Å². The molecule has 0 bridgehead atoms. The van der Waals surface area contributed by atoms with E-state index in [1.54, 1.807) is 12.1 Å². The van der Waals surface area contributed by atoms with Gasteiger partial charge >= 0.3 is 6.18 Å². The molecule has 1 aromatic rings. The van der Waals surface area contributed by atoms with Crippen molar-refractivity contribution in [3.8, 4) is 0 Å². The van der Waals surface area contributed by atoms with Crippen LogP contribution < -0.4 is 5.32 Å². The topological polar surface area (TPSA) is 52.7 Å². The molecular formula is C22H30F3N3O2. The first-order valence-corrected chi connectivity index (χ1v) is 10.5. The molecule has 8 heteroatoms. The zero-order valence-corrected chi connectivity index (χ0v) is 17.5. The number of hydrogen-bond acceptors (Lipinski definition) is 3. The summed E-state index contributed by atoms with van der Waals surface area (Å²) in [5.41, 5.74) is 0.493. The van der Waals surface area contributed by atoms with Crippen LogP contribution in [0.4, 0.5) is 13.2 Å². The van der Waals surface area contributed by atoms with Crippen LogP contribution in [0.25, 0.3) is 0 Å². The summed E-state index contributed by atoms with van der Waals surface area (Å²) in [5, 5.41) is 2.99. The Morgan fingerprint density at radius 3 is 2.53 bits per heavy atom. The minimum absolute atomic E-state index is 0.00994. The number of nitrogens with one attached hydrogen (secondary N) is 1. The molecule has 0 radical (unpaired) electrons. The summed E-state index contributed by atoms with van der Waals surface area (Å²) in [4.78, 5) is 27.9. The highest BCUT2D eigenvalue weighted by Crippen LogP contribution is 2.35. The fourth-order valence-electron chi connectivity index (χ4n) is 4.63. The fourth-order valence-corrected chi connectivity index (χ4v) is 4.63. The van der Waals surface area contributed by atoms with Crippen LogP contribution >= 0.6 is 0 Å². The van der Waals surface area contributed by atoms with Gasteiger partial charge in [0, 0.05) is 24.7 Å². The molecule has 2 aliphatic heterocycles. The van der Waals surface area contributed by atoms with Crippen molar-refractivity contribution in [2.45, 2.75) is 57.8 Å². The van der Waals surface area contributed by atoms with Crippen molar-refractivity contribution in [1.29, 1.82) is 0 Å². The minimum atomic E-state index is -4.37. The predicted molar refractivity (Wildman–Crippen MR) is 108 cm³/mol. The fraction of sp³-hybridized carbons (Fsp3) is 0.636. The van der Waals surface area contributed by atoms with Gasteiger partial charge in [-0.25, -0.2) is 0 Å².